The minimum absolute atomic E-state index is 0.158. The van der Waals surface area contributed by atoms with E-state index >= 15 is 0 Å². The molecule has 0 bridgehead atoms. The van der Waals surface area contributed by atoms with Crippen molar-refractivity contribution in [2.75, 3.05) is 31.8 Å². The number of halogens is 2. The van der Waals surface area contributed by atoms with E-state index < -0.39 is 5.82 Å². The Balaban J connectivity index is 1.35. The van der Waals surface area contributed by atoms with Gasteiger partial charge in [-0.1, -0.05) is 17.7 Å². The van der Waals surface area contributed by atoms with Crippen molar-refractivity contribution in [3.63, 3.8) is 0 Å². The molecule has 0 atom stereocenters. The number of hydrogen-bond donors (Lipinski definition) is 1. The lowest BCUT2D eigenvalue weighted by Gasteiger charge is -2.21. The van der Waals surface area contributed by atoms with E-state index in [2.05, 4.69) is 5.43 Å². The zero-order valence-corrected chi connectivity index (χ0v) is 17.9. The second kappa shape index (κ2) is 9.11. The van der Waals surface area contributed by atoms with Crippen LogP contribution in [0.2, 0.25) is 5.02 Å². The first-order valence-corrected chi connectivity index (χ1v) is 10.5. The average molecular weight is 448 g/mol. The molecule has 2 aliphatic rings. The van der Waals surface area contributed by atoms with E-state index in [4.69, 9.17) is 21.1 Å². The largest absolute Gasteiger partial charge is 0.493 e. The summed E-state index contributed by atoms with van der Waals surface area (Å²) in [4.78, 5) is 24.6. The smallest absolute Gasteiger partial charge is 0.229 e. The fraction of sp³-hybridized carbons (Fsp3) is 0.364. The highest BCUT2D eigenvalue weighted by Crippen LogP contribution is 2.34. The zero-order valence-electron chi connectivity index (χ0n) is 17.1. The van der Waals surface area contributed by atoms with Crippen molar-refractivity contribution < 1.29 is 23.5 Å². The molecule has 31 heavy (non-hydrogen) atoms. The molecule has 0 radical (unpaired) electrons. The minimum atomic E-state index is -0.402. The third-order valence-corrected chi connectivity index (χ3v) is 5.89. The van der Waals surface area contributed by atoms with Gasteiger partial charge < -0.3 is 14.5 Å². The maximum atomic E-state index is 13.7. The number of likely N-dealkylation sites (tertiary alicyclic amines) is 1. The van der Waals surface area contributed by atoms with E-state index in [9.17, 15) is 14.0 Å². The van der Waals surface area contributed by atoms with Crippen LogP contribution in [0.3, 0.4) is 0 Å². The average Bonchev–Trinajstić information content (AvgIpc) is 3.33. The summed E-state index contributed by atoms with van der Waals surface area (Å²) >= 11 is 6.08. The van der Waals surface area contributed by atoms with Crippen molar-refractivity contribution in [1.29, 1.82) is 0 Å². The predicted molar refractivity (Wildman–Crippen MR) is 114 cm³/mol. The van der Waals surface area contributed by atoms with Crippen LogP contribution < -0.4 is 19.9 Å². The fourth-order valence-corrected chi connectivity index (χ4v) is 4.08. The second-order valence-electron chi connectivity index (χ2n) is 7.37. The number of benzene rings is 2. The number of rotatable bonds is 8. The number of anilines is 1. The summed E-state index contributed by atoms with van der Waals surface area (Å²) in [5, 5.41) is 2.14. The van der Waals surface area contributed by atoms with Gasteiger partial charge in [0.15, 0.2) is 11.5 Å². The Morgan fingerprint density at radius 2 is 1.87 bits per heavy atom. The second-order valence-corrected chi connectivity index (χ2v) is 7.75. The lowest BCUT2D eigenvalue weighted by molar-refractivity contribution is -0.138. The van der Waals surface area contributed by atoms with E-state index in [1.54, 1.807) is 19.2 Å². The molecule has 2 heterocycles. The van der Waals surface area contributed by atoms with Crippen molar-refractivity contribution >= 4 is 29.1 Å². The van der Waals surface area contributed by atoms with Crippen molar-refractivity contribution in [3.8, 4) is 11.5 Å². The number of nitrogens with zero attached hydrogens (tertiary/aromatic N) is 2. The van der Waals surface area contributed by atoms with Crippen LogP contribution in [0.5, 0.6) is 11.5 Å². The van der Waals surface area contributed by atoms with Crippen LogP contribution in [0.1, 0.15) is 24.0 Å². The molecule has 2 aromatic rings. The molecule has 0 spiro atoms. The van der Waals surface area contributed by atoms with Gasteiger partial charge in [-0.3, -0.25) is 14.5 Å². The lowest BCUT2D eigenvalue weighted by Crippen LogP contribution is -2.35. The van der Waals surface area contributed by atoms with Gasteiger partial charge >= 0.3 is 0 Å². The molecule has 164 valence electrons. The third kappa shape index (κ3) is 4.45. The normalized spacial score (nSPS) is 15.6. The Morgan fingerprint density at radius 1 is 1.10 bits per heavy atom. The van der Waals surface area contributed by atoms with Gasteiger partial charge in [-0.2, -0.15) is 0 Å². The van der Waals surface area contributed by atoms with Gasteiger partial charge in [-0.05, 0) is 36.2 Å². The topological polar surface area (TPSA) is 71.1 Å². The number of hydrogen-bond acceptors (Lipinski definition) is 6. The van der Waals surface area contributed by atoms with E-state index in [0.29, 0.717) is 31.0 Å². The first kappa shape index (κ1) is 21.4. The number of methoxy groups -OCH3 is 1. The minimum Gasteiger partial charge on any atom is -0.493 e. The maximum Gasteiger partial charge on any atom is 0.229 e. The van der Waals surface area contributed by atoms with Gasteiger partial charge in [0, 0.05) is 31.5 Å². The van der Waals surface area contributed by atoms with Crippen LogP contribution >= 0.6 is 11.6 Å². The van der Waals surface area contributed by atoms with Crippen LogP contribution in [0.15, 0.2) is 30.3 Å². The van der Waals surface area contributed by atoms with E-state index in [0.717, 1.165) is 16.8 Å². The molecule has 1 N–H and O–H groups in total. The summed E-state index contributed by atoms with van der Waals surface area (Å²) in [7, 11) is 1.56. The number of amides is 2. The van der Waals surface area contributed by atoms with Crippen LogP contribution in [0.4, 0.5) is 10.1 Å². The van der Waals surface area contributed by atoms with E-state index in [1.165, 1.54) is 11.0 Å². The zero-order chi connectivity index (χ0) is 22.0. The third-order valence-electron chi connectivity index (χ3n) is 5.48. The first-order valence-electron chi connectivity index (χ1n) is 10.1. The van der Waals surface area contributed by atoms with Crippen molar-refractivity contribution in [2.24, 2.45) is 0 Å². The number of hydrazine groups is 1. The van der Waals surface area contributed by atoms with Crippen LogP contribution in [-0.4, -0.2) is 43.5 Å². The first-order chi connectivity index (χ1) is 15.0. The highest BCUT2D eigenvalue weighted by molar-refractivity contribution is 6.32. The molecule has 4 rings (SSSR count). The van der Waals surface area contributed by atoms with Crippen molar-refractivity contribution in [3.05, 3.63) is 52.3 Å². The van der Waals surface area contributed by atoms with Gasteiger partial charge in [-0.15, -0.1) is 0 Å². The predicted octanol–water partition coefficient (Wildman–Crippen LogP) is 3.08. The number of fused-ring (bicyclic) bond motifs is 1. The number of carbonyl (C=O) groups is 2. The Kier molecular flexibility index (Phi) is 6.29. The molecular weight excluding hydrogens is 425 g/mol. The van der Waals surface area contributed by atoms with Gasteiger partial charge in [0.2, 0.25) is 11.8 Å². The van der Waals surface area contributed by atoms with Gasteiger partial charge in [0.25, 0.3) is 0 Å². The Labute approximate surface area is 184 Å². The monoisotopic (exact) mass is 447 g/mol. The number of imide groups is 1. The van der Waals surface area contributed by atoms with Gasteiger partial charge in [-0.25, -0.2) is 9.82 Å². The number of ether oxygens (including phenoxy) is 2. The fourth-order valence-electron chi connectivity index (χ4n) is 3.83. The maximum absolute atomic E-state index is 13.7. The molecule has 0 aliphatic carbocycles. The summed E-state index contributed by atoms with van der Waals surface area (Å²) in [6.07, 6.45) is 1.22. The van der Waals surface area contributed by atoms with Gasteiger partial charge in [0.1, 0.15) is 12.4 Å². The summed E-state index contributed by atoms with van der Waals surface area (Å²) < 4.78 is 24.8. The summed E-state index contributed by atoms with van der Waals surface area (Å²) in [5.41, 5.74) is 5.99. The van der Waals surface area contributed by atoms with Crippen LogP contribution in [0.25, 0.3) is 0 Å². The standard InChI is InChI=1S/C22H23ClFN3O4/c1-30-19-12-14(2-5-18(19)31-11-10-26-20(28)6-7-21(26)29)13-25-27-9-8-15-17(27)4-3-16(24)22(15)23/h2-5,12,25H,6-11,13H2,1H3. The Morgan fingerprint density at radius 3 is 2.61 bits per heavy atom. The highest BCUT2D eigenvalue weighted by Gasteiger charge is 2.28. The van der Waals surface area contributed by atoms with E-state index in [1.807, 2.05) is 17.1 Å². The molecule has 0 aromatic heterocycles. The quantitative estimate of drug-likeness (QED) is 0.627. The Hall–Kier alpha value is -2.84. The molecule has 1 saturated heterocycles. The Bertz CT molecular complexity index is 1000. The SMILES string of the molecule is COc1cc(CNN2CCc3c2ccc(F)c3Cl)ccc1OCCN1C(=O)CCC1=O. The molecule has 2 aromatic carbocycles. The summed E-state index contributed by atoms with van der Waals surface area (Å²) in [6.45, 7) is 1.65. The lowest BCUT2D eigenvalue weighted by atomic mass is 10.1. The molecule has 2 aliphatic heterocycles. The molecule has 2 amide bonds. The van der Waals surface area contributed by atoms with Gasteiger partial charge in [0.05, 0.1) is 24.4 Å². The van der Waals surface area contributed by atoms with Crippen LogP contribution in [0, 0.1) is 5.82 Å². The van der Waals surface area contributed by atoms with Crippen molar-refractivity contribution in [1.82, 2.24) is 10.3 Å². The molecular formula is C22H23ClFN3O4. The summed E-state index contributed by atoms with van der Waals surface area (Å²) in [5.74, 6) is 0.384. The number of nitrogens with one attached hydrogen (secondary N) is 1. The summed E-state index contributed by atoms with van der Waals surface area (Å²) in [6, 6.07) is 8.67. The van der Waals surface area contributed by atoms with E-state index in [-0.39, 0.29) is 42.8 Å². The highest BCUT2D eigenvalue weighted by atomic mass is 35.5. The van der Waals surface area contributed by atoms with Crippen LogP contribution in [-0.2, 0) is 22.6 Å². The van der Waals surface area contributed by atoms with Crippen molar-refractivity contribution in [2.45, 2.75) is 25.8 Å². The molecule has 0 unspecified atom stereocenters. The molecule has 9 heteroatoms. The molecule has 1 fully saturated rings. The number of carbonyl (C=O) groups excluding carboxylic acids is 2. The molecule has 7 nitrogen and oxygen atoms in total. The molecule has 0 saturated carbocycles.